The first-order chi connectivity index (χ1) is 11.9. The average Bonchev–Trinajstić information content (AvgIpc) is 3.54. The normalized spacial score (nSPS) is 86.9. The Morgan fingerprint density at radius 1 is 1.20 bits per heavy atom. The van der Waals surface area contributed by atoms with E-state index in [1.807, 2.05) is 6.07 Å². The number of rotatable bonds is 3. The van der Waals surface area contributed by atoms with E-state index in [0.29, 0.717) is 14.9 Å². The molecule has 10 heterocycles. The SMILES string of the molecule is CCO[C]12[CH]3[CH]4[C]5(C(=O)C#Cc6ccccc6O)[CH]1[Fe]34251678[CH]2[CH]1[CH]6[CH]7[CH]28. The van der Waals surface area contributed by atoms with Crippen LogP contribution >= 0.6 is 0 Å². The van der Waals surface area contributed by atoms with Gasteiger partial charge in [-0.15, -0.1) is 0 Å². The predicted molar refractivity (Wildman–Crippen MR) is 87.0 cm³/mol. The summed E-state index contributed by atoms with van der Waals surface area (Å²) in [6, 6.07) is 7.10. The van der Waals surface area contributed by atoms with Gasteiger partial charge in [0.05, 0.1) is 0 Å². The second-order valence-electron chi connectivity index (χ2n) is 12.2. The first kappa shape index (κ1) is 10.8. The van der Waals surface area contributed by atoms with Crippen LogP contribution in [0.25, 0.3) is 0 Å². The fourth-order valence-corrected chi connectivity index (χ4v) is 92.5. The number of benzene rings is 1. The molecule has 0 saturated carbocycles. The standard InChI is InChI=1S/C16H13O3.C5H5.Fe/c1-2-19-14-9-7-13(11-14)16(18)10-8-12-5-3-4-6-15(12)17;1-2-4-5-3-1;/h3-7,9,11,17H,2H2,1H3;1-5H;. The zero-order valence-corrected chi connectivity index (χ0v) is 14.9. The van der Waals surface area contributed by atoms with Crippen molar-refractivity contribution < 1.29 is 21.1 Å². The minimum absolute atomic E-state index is 0.0704. The molecule has 1 spiro atoms. The summed E-state index contributed by atoms with van der Waals surface area (Å²) in [6.45, 7) is -0.811. The van der Waals surface area contributed by atoms with Crippen molar-refractivity contribution in [1.82, 2.24) is 0 Å². The number of carbonyl (C=O) groups excluding carboxylic acids is 1. The molecular formula is C21H18FeO3. The van der Waals surface area contributed by atoms with Crippen molar-refractivity contribution in [2.24, 2.45) is 0 Å². The minimum atomic E-state index is -3.80. The fourth-order valence-electron chi connectivity index (χ4n) is 18.3. The Morgan fingerprint density at radius 2 is 1.88 bits per heavy atom. The number of phenolic OH excluding ortho intramolecular Hbond substituents is 1. The zero-order chi connectivity index (χ0) is 16.3. The summed E-state index contributed by atoms with van der Waals surface area (Å²) < 4.78 is 7.00. The van der Waals surface area contributed by atoms with E-state index in [2.05, 4.69) is 18.8 Å². The van der Waals surface area contributed by atoms with Gasteiger partial charge in [-0.1, -0.05) is 0 Å². The molecule has 4 heteroatoms. The van der Waals surface area contributed by atoms with Gasteiger partial charge in [0.2, 0.25) is 0 Å². The third-order valence-corrected chi connectivity index (χ3v) is 58.9. The molecule has 0 aliphatic carbocycles. The van der Waals surface area contributed by atoms with Gasteiger partial charge >= 0.3 is 135 Å². The topological polar surface area (TPSA) is 46.5 Å². The van der Waals surface area contributed by atoms with Crippen LogP contribution < -0.4 is 0 Å². The predicted octanol–water partition coefficient (Wildman–Crippen LogP) is 4.02. The molecule has 25 heavy (non-hydrogen) atoms. The average molecular weight is 374 g/mol. The number of hydrogen-bond donors (Lipinski definition) is 1. The zero-order valence-electron chi connectivity index (χ0n) is 13.8. The van der Waals surface area contributed by atoms with Crippen molar-refractivity contribution >= 4 is 5.78 Å². The van der Waals surface area contributed by atoms with Crippen LogP contribution in [0, 0.1) is 11.8 Å². The molecule has 11 rings (SSSR count). The van der Waals surface area contributed by atoms with Gasteiger partial charge in [-0.3, -0.25) is 0 Å². The Hall–Kier alpha value is -1.27. The molecule has 10 aliphatic rings. The molecule has 10 aliphatic heterocycles. The molecule has 1 N–H and O–H groups in total. The third-order valence-electron chi connectivity index (χ3n) is 16.6. The molecule has 3 nitrogen and oxygen atoms in total. The Morgan fingerprint density at radius 3 is 2.44 bits per heavy atom. The van der Waals surface area contributed by atoms with Crippen molar-refractivity contribution in [3.63, 3.8) is 0 Å². The van der Waals surface area contributed by atoms with E-state index < -0.39 is 6.51 Å². The van der Waals surface area contributed by atoms with Crippen molar-refractivity contribution in [3.05, 3.63) is 29.8 Å². The number of carbonyl (C=O) groups is 1. The van der Waals surface area contributed by atoms with Crippen molar-refractivity contribution in [2.75, 3.05) is 6.61 Å². The molecule has 10 fully saturated rings. The summed E-state index contributed by atoms with van der Waals surface area (Å²) in [6.07, 6.45) is 0. The first-order valence-corrected chi connectivity index (χ1v) is 15.8. The monoisotopic (exact) mass is 374 g/mol. The van der Waals surface area contributed by atoms with Gasteiger partial charge in [-0.05, 0) is 0 Å². The van der Waals surface area contributed by atoms with Crippen LogP contribution in [0.5, 0.6) is 5.75 Å². The number of fused-ring (bicyclic) bond motifs is 10. The first-order valence-electron chi connectivity index (χ1n) is 9.60. The van der Waals surface area contributed by atoms with E-state index in [9.17, 15) is 9.90 Å². The van der Waals surface area contributed by atoms with Crippen LogP contribution in [0.2, 0.25) is 42.8 Å². The van der Waals surface area contributed by atoms with E-state index in [1.165, 1.54) is 0 Å². The van der Waals surface area contributed by atoms with Gasteiger partial charge < -0.3 is 0 Å². The van der Waals surface area contributed by atoms with Gasteiger partial charge in [0, 0.05) is 0 Å². The van der Waals surface area contributed by atoms with Crippen LogP contribution in [0.1, 0.15) is 12.5 Å². The van der Waals surface area contributed by atoms with E-state index in [4.69, 9.17) is 4.74 Å². The fraction of sp³-hybridized carbons (Fsp3) is 0.571. The second kappa shape index (κ2) is 1.15. The molecule has 0 bridgehead atoms. The summed E-state index contributed by atoms with van der Waals surface area (Å²) in [7, 11) is 0. The quantitative estimate of drug-likeness (QED) is 0.642. The number of ketones is 1. The van der Waals surface area contributed by atoms with Crippen LogP contribution in [-0.4, -0.2) is 22.0 Å². The van der Waals surface area contributed by atoms with Gasteiger partial charge in [0.25, 0.3) is 0 Å². The van der Waals surface area contributed by atoms with Gasteiger partial charge in [0.15, 0.2) is 0 Å². The Labute approximate surface area is 135 Å². The summed E-state index contributed by atoms with van der Waals surface area (Å²) >= 11 is 0. The molecule has 10 saturated heterocycles. The Kier molecular flexibility index (Phi) is 0.494. The second-order valence-corrected chi connectivity index (χ2v) is 35.4. The molecule has 5 unspecified atom stereocenters. The van der Waals surface area contributed by atoms with E-state index in [0.717, 1.165) is 40.3 Å². The molecule has 0 aromatic heterocycles. The third kappa shape index (κ3) is 0.155. The van der Waals surface area contributed by atoms with E-state index in [1.54, 1.807) is 18.2 Å². The van der Waals surface area contributed by atoms with Crippen LogP contribution in [0.4, 0.5) is 0 Å². The maximum absolute atomic E-state index is 13.6. The summed E-state index contributed by atoms with van der Waals surface area (Å²) in [5.41, 5.74) is 0.585. The number of Topliss-reactive ketones (excluding diaryl/α,β-unsaturated/α-hetero) is 1. The van der Waals surface area contributed by atoms with Gasteiger partial charge in [-0.25, -0.2) is 0 Å². The van der Waals surface area contributed by atoms with Crippen LogP contribution in [0.3, 0.4) is 0 Å². The number of ether oxygens (including phenoxy) is 1. The van der Waals surface area contributed by atoms with Gasteiger partial charge in [0.1, 0.15) is 0 Å². The summed E-state index contributed by atoms with van der Waals surface area (Å²) in [4.78, 5) is 21.1. The summed E-state index contributed by atoms with van der Waals surface area (Å²) in [5.74, 6) is 6.53. The van der Waals surface area contributed by atoms with E-state index in [-0.39, 0.29) is 15.8 Å². The maximum atomic E-state index is 13.6. The molecule has 5 atom stereocenters. The van der Waals surface area contributed by atoms with Crippen LogP contribution in [0.15, 0.2) is 24.3 Å². The van der Waals surface area contributed by atoms with E-state index >= 15 is 0 Å². The van der Waals surface area contributed by atoms with Crippen molar-refractivity contribution in [1.29, 1.82) is 0 Å². The number of aromatic hydroxyl groups is 1. The molecule has 128 valence electrons. The Bertz CT molecular complexity index is 1500. The van der Waals surface area contributed by atoms with Crippen molar-refractivity contribution in [2.45, 2.75) is 54.3 Å². The van der Waals surface area contributed by atoms with Crippen LogP contribution in [-0.2, 0) is 16.0 Å². The molecule has 0 amide bonds. The summed E-state index contributed by atoms with van der Waals surface area (Å²) in [5, 5.41) is 9.95. The molecular weight excluding hydrogens is 356 g/mol. The Balaban J connectivity index is 1.20. The van der Waals surface area contributed by atoms with Crippen molar-refractivity contribution in [3.8, 4) is 17.6 Å². The molecule has 1 aromatic carbocycles. The number of para-hydroxylation sites is 1. The van der Waals surface area contributed by atoms with Gasteiger partial charge in [-0.2, -0.15) is 0 Å². The molecule has 1 aromatic rings. The number of phenols is 1. The molecule has 0 radical (unpaired) electrons. The number of hydrogen-bond acceptors (Lipinski definition) is 3.